The van der Waals surface area contributed by atoms with Crippen molar-refractivity contribution in [2.75, 3.05) is 25.9 Å². The summed E-state index contributed by atoms with van der Waals surface area (Å²) in [5.41, 5.74) is 6.62. The molecule has 0 aliphatic carbocycles. The van der Waals surface area contributed by atoms with E-state index in [0.29, 0.717) is 30.7 Å². The number of rotatable bonds is 7. The number of aldehydes is 1. The first kappa shape index (κ1) is 17.7. The number of aliphatic hydroxyl groups is 2. The average molecular weight is 350 g/mol. The number of aromatic nitrogens is 4. The lowest BCUT2D eigenvalue weighted by Crippen LogP contribution is -2.38. The number of fused-ring (bicyclic) bond motifs is 1. The number of anilines is 1. The van der Waals surface area contributed by atoms with Gasteiger partial charge in [0.2, 0.25) is 0 Å². The minimum absolute atomic E-state index is 0.239. The fraction of sp³-hybridized carbons (Fsp3) is 0.600. The molecule has 1 fully saturated rings. The number of unbranched alkanes of at least 4 members (excludes halogenated alkanes) is 1. The van der Waals surface area contributed by atoms with Crippen LogP contribution in [0.4, 0.5) is 5.82 Å². The lowest BCUT2D eigenvalue weighted by atomic mass is 10.1. The van der Waals surface area contributed by atoms with Crippen molar-refractivity contribution in [3.8, 4) is 0 Å². The fourth-order valence-corrected chi connectivity index (χ4v) is 3.01. The molecule has 2 aromatic rings. The van der Waals surface area contributed by atoms with Crippen molar-refractivity contribution in [1.82, 2.24) is 24.4 Å². The maximum absolute atomic E-state index is 10.4. The van der Waals surface area contributed by atoms with Gasteiger partial charge >= 0.3 is 0 Å². The van der Waals surface area contributed by atoms with Crippen LogP contribution in [0.1, 0.15) is 19.1 Å². The molecule has 3 heterocycles. The third-order valence-corrected chi connectivity index (χ3v) is 4.35. The molecule has 4 N–H and O–H groups in total. The van der Waals surface area contributed by atoms with Gasteiger partial charge in [-0.1, -0.05) is 0 Å². The third kappa shape index (κ3) is 3.47. The van der Waals surface area contributed by atoms with Gasteiger partial charge in [0.15, 0.2) is 17.7 Å². The minimum Gasteiger partial charge on any atom is -0.387 e. The number of nitrogens with two attached hydrogens (primary N) is 1. The van der Waals surface area contributed by atoms with Gasteiger partial charge in [0, 0.05) is 13.0 Å². The molecule has 0 amide bonds. The number of aliphatic hydroxyl groups excluding tert-OH is 2. The van der Waals surface area contributed by atoms with Crippen LogP contribution in [0.15, 0.2) is 12.7 Å². The maximum Gasteiger partial charge on any atom is 0.167 e. The third-order valence-electron chi connectivity index (χ3n) is 4.35. The smallest absolute Gasteiger partial charge is 0.167 e. The molecule has 0 bridgehead atoms. The van der Waals surface area contributed by atoms with Gasteiger partial charge < -0.3 is 30.4 Å². The highest BCUT2D eigenvalue weighted by molar-refractivity contribution is 5.81. The number of nitrogen functional groups attached to an aromatic ring is 1. The van der Waals surface area contributed by atoms with Crippen LogP contribution in [0.5, 0.6) is 0 Å². The Morgan fingerprint density at radius 1 is 1.36 bits per heavy atom. The Morgan fingerprint density at radius 2 is 2.16 bits per heavy atom. The second-order valence-corrected chi connectivity index (χ2v) is 6.20. The standard InChI is InChI=1S/C15H22N6O4/c1-20(4-2-3-5-22)6-9-11(23)12(24)15(25-9)21-8-19-10-13(16)17-7-18-14(10)21/h5,7-9,11-12,15,23-24H,2-4,6H2,1H3,(H2,16,17,18)/t9?,11-,12-,15?/m1/s1. The molecule has 3 rings (SSSR count). The van der Waals surface area contributed by atoms with E-state index in [4.69, 9.17) is 10.5 Å². The van der Waals surface area contributed by atoms with Crippen molar-refractivity contribution in [3.63, 3.8) is 0 Å². The van der Waals surface area contributed by atoms with Gasteiger partial charge in [-0.2, -0.15) is 0 Å². The number of hydrogen-bond acceptors (Lipinski definition) is 9. The van der Waals surface area contributed by atoms with E-state index in [0.717, 1.165) is 12.7 Å². The molecule has 2 aromatic heterocycles. The highest BCUT2D eigenvalue weighted by Gasteiger charge is 2.44. The molecule has 0 spiro atoms. The second-order valence-electron chi connectivity index (χ2n) is 6.20. The summed E-state index contributed by atoms with van der Waals surface area (Å²) in [6, 6.07) is 0. The first-order valence-electron chi connectivity index (χ1n) is 8.09. The van der Waals surface area contributed by atoms with Crippen LogP contribution in [0, 0.1) is 0 Å². The fourth-order valence-electron chi connectivity index (χ4n) is 3.01. The molecule has 2 unspecified atom stereocenters. The van der Waals surface area contributed by atoms with Crippen molar-refractivity contribution >= 4 is 23.3 Å². The lowest BCUT2D eigenvalue weighted by Gasteiger charge is -2.22. The monoisotopic (exact) mass is 350 g/mol. The van der Waals surface area contributed by atoms with Crippen molar-refractivity contribution in [2.24, 2.45) is 0 Å². The number of carbonyl (C=O) groups is 1. The van der Waals surface area contributed by atoms with Crippen LogP contribution in [0.25, 0.3) is 11.2 Å². The van der Waals surface area contributed by atoms with E-state index in [-0.39, 0.29) is 5.82 Å². The Labute approximate surface area is 144 Å². The van der Waals surface area contributed by atoms with Crippen molar-refractivity contribution < 1.29 is 19.7 Å². The molecule has 0 aromatic carbocycles. The Balaban J connectivity index is 1.73. The predicted molar refractivity (Wildman–Crippen MR) is 88.5 cm³/mol. The minimum atomic E-state index is -1.12. The molecular weight excluding hydrogens is 328 g/mol. The number of carbonyl (C=O) groups excluding carboxylic acids is 1. The molecule has 0 radical (unpaired) electrons. The quantitative estimate of drug-likeness (QED) is 0.421. The van der Waals surface area contributed by atoms with E-state index in [9.17, 15) is 15.0 Å². The summed E-state index contributed by atoms with van der Waals surface area (Å²) in [7, 11) is 1.88. The van der Waals surface area contributed by atoms with E-state index in [1.54, 1.807) is 4.57 Å². The summed E-state index contributed by atoms with van der Waals surface area (Å²) in [6.45, 7) is 1.13. The molecule has 10 nitrogen and oxygen atoms in total. The van der Waals surface area contributed by atoms with Crippen LogP contribution in [0.2, 0.25) is 0 Å². The summed E-state index contributed by atoms with van der Waals surface area (Å²) in [4.78, 5) is 24.5. The summed E-state index contributed by atoms with van der Waals surface area (Å²) in [5.74, 6) is 0.239. The Hall–Kier alpha value is -2.14. The Bertz CT molecular complexity index is 738. The highest BCUT2D eigenvalue weighted by Crippen LogP contribution is 2.32. The summed E-state index contributed by atoms with van der Waals surface area (Å²) in [6.07, 6.45) is 1.32. The molecule has 0 saturated carbocycles. The molecule has 1 saturated heterocycles. The normalized spacial score (nSPS) is 26.6. The largest absolute Gasteiger partial charge is 0.387 e. The van der Waals surface area contributed by atoms with Crippen LogP contribution in [-0.2, 0) is 9.53 Å². The molecule has 1 aliphatic rings. The SMILES string of the molecule is CN(CCCC=O)CC1OC(n2cnc3c(N)ncnc32)[C@H](O)[C@@H]1O. The van der Waals surface area contributed by atoms with Crippen LogP contribution < -0.4 is 5.73 Å². The lowest BCUT2D eigenvalue weighted by molar-refractivity contribution is -0.108. The average Bonchev–Trinajstić information content (AvgIpc) is 3.13. The molecule has 10 heteroatoms. The second kappa shape index (κ2) is 7.40. The van der Waals surface area contributed by atoms with Gasteiger partial charge in [-0.15, -0.1) is 0 Å². The van der Waals surface area contributed by atoms with E-state index in [1.165, 1.54) is 12.7 Å². The van der Waals surface area contributed by atoms with Crippen LogP contribution >= 0.6 is 0 Å². The van der Waals surface area contributed by atoms with Crippen LogP contribution in [0.3, 0.4) is 0 Å². The summed E-state index contributed by atoms with van der Waals surface area (Å²) in [5, 5.41) is 20.7. The Kier molecular flexibility index (Phi) is 5.23. The zero-order valence-corrected chi connectivity index (χ0v) is 13.9. The predicted octanol–water partition coefficient (Wildman–Crippen LogP) is -1.06. The van der Waals surface area contributed by atoms with Crippen molar-refractivity contribution in [2.45, 2.75) is 37.4 Å². The molecule has 1 aliphatic heterocycles. The molecular formula is C15H22N6O4. The first-order valence-corrected chi connectivity index (χ1v) is 8.09. The molecule has 4 atom stereocenters. The van der Waals surface area contributed by atoms with Crippen LogP contribution in [-0.4, -0.2) is 79.4 Å². The number of hydrogen-bond donors (Lipinski definition) is 3. The van der Waals surface area contributed by atoms with Crippen molar-refractivity contribution in [3.05, 3.63) is 12.7 Å². The van der Waals surface area contributed by atoms with Gasteiger partial charge in [-0.05, 0) is 20.0 Å². The summed E-state index contributed by atoms with van der Waals surface area (Å²) >= 11 is 0. The number of nitrogens with zero attached hydrogens (tertiary/aromatic N) is 5. The number of ether oxygens (including phenoxy) is 1. The van der Waals surface area contributed by atoms with Gasteiger partial charge in [-0.25, -0.2) is 15.0 Å². The summed E-state index contributed by atoms with van der Waals surface area (Å²) < 4.78 is 7.42. The topological polar surface area (TPSA) is 140 Å². The van der Waals surface area contributed by atoms with E-state index >= 15 is 0 Å². The van der Waals surface area contributed by atoms with Gasteiger partial charge in [0.05, 0.1) is 6.33 Å². The maximum atomic E-state index is 10.4. The zero-order chi connectivity index (χ0) is 18.0. The van der Waals surface area contributed by atoms with Crippen molar-refractivity contribution in [1.29, 1.82) is 0 Å². The Morgan fingerprint density at radius 3 is 2.92 bits per heavy atom. The molecule has 136 valence electrons. The molecule has 25 heavy (non-hydrogen) atoms. The highest BCUT2D eigenvalue weighted by atomic mass is 16.6. The number of imidazole rings is 1. The van der Waals surface area contributed by atoms with E-state index in [1.807, 2.05) is 11.9 Å². The van der Waals surface area contributed by atoms with E-state index in [2.05, 4.69) is 15.0 Å². The first-order chi connectivity index (χ1) is 12.0. The van der Waals surface area contributed by atoms with Gasteiger partial charge in [0.1, 0.15) is 36.4 Å². The van der Waals surface area contributed by atoms with E-state index < -0.39 is 24.5 Å². The zero-order valence-electron chi connectivity index (χ0n) is 13.9. The number of likely N-dealkylation sites (N-methyl/N-ethyl adjacent to an activating group) is 1. The van der Waals surface area contributed by atoms with Gasteiger partial charge in [-0.3, -0.25) is 4.57 Å². The van der Waals surface area contributed by atoms with Gasteiger partial charge in [0.25, 0.3) is 0 Å².